The lowest BCUT2D eigenvalue weighted by Gasteiger charge is -2.03. The molecule has 0 aliphatic heterocycles. The van der Waals surface area contributed by atoms with E-state index in [1.165, 1.54) is 7.05 Å². The third-order valence-electron chi connectivity index (χ3n) is 2.45. The zero-order chi connectivity index (χ0) is 14.8. The van der Waals surface area contributed by atoms with E-state index >= 15 is 0 Å². The van der Waals surface area contributed by atoms with Gasteiger partial charge in [-0.25, -0.2) is 0 Å². The second-order valence-electron chi connectivity index (χ2n) is 3.48. The molecule has 0 aromatic heterocycles. The van der Waals surface area contributed by atoms with Crippen molar-refractivity contribution in [2.75, 3.05) is 14.2 Å². The first-order valence-electron chi connectivity index (χ1n) is 6.37. The smallest absolute Gasteiger partial charge is 0.159 e. The summed E-state index contributed by atoms with van der Waals surface area (Å²) in [6, 6.07) is 11.5. The van der Waals surface area contributed by atoms with E-state index in [-0.39, 0.29) is 5.78 Å². The van der Waals surface area contributed by atoms with Gasteiger partial charge in [-0.1, -0.05) is 32.0 Å². The number of carbonyl (C=O) groups excluding carboxylic acids is 1. The van der Waals surface area contributed by atoms with Crippen LogP contribution in [0.3, 0.4) is 0 Å². The van der Waals surface area contributed by atoms with Crippen LogP contribution >= 0.6 is 0 Å². The van der Waals surface area contributed by atoms with Crippen LogP contribution < -0.4 is 10.5 Å². The van der Waals surface area contributed by atoms with Crippen molar-refractivity contribution in [1.29, 1.82) is 0 Å². The Labute approximate surface area is 115 Å². The Morgan fingerprint density at radius 1 is 1.00 bits per heavy atom. The number of nitrogens with two attached hydrogens (primary N) is 1. The maximum Gasteiger partial charge on any atom is 0.159 e. The highest BCUT2D eigenvalue weighted by atomic mass is 16.5. The Balaban J connectivity index is 0.000000741. The number of hydrogen-bond donors (Lipinski definition) is 1. The first-order valence-corrected chi connectivity index (χ1v) is 6.37. The normalized spacial score (nSPS) is 8.74. The summed E-state index contributed by atoms with van der Waals surface area (Å²) in [6.07, 6.45) is 0. The van der Waals surface area contributed by atoms with Gasteiger partial charge >= 0.3 is 0 Å². The standard InChI is InChI=1S/C13H12O2.C2H6.CH5N/c1-9(14)10-3-4-12-8-13(15-2)6-5-11(12)7-10;2*1-2/h3-8H,1-2H3;1-2H3;2H2,1H3. The van der Waals surface area contributed by atoms with Crippen molar-refractivity contribution in [2.45, 2.75) is 20.8 Å². The molecule has 2 N–H and O–H groups in total. The fourth-order valence-electron chi connectivity index (χ4n) is 1.57. The molecular weight excluding hydrogens is 238 g/mol. The summed E-state index contributed by atoms with van der Waals surface area (Å²) in [5, 5.41) is 2.14. The molecule has 0 bridgehead atoms. The monoisotopic (exact) mass is 261 g/mol. The van der Waals surface area contributed by atoms with Crippen LogP contribution in [0.15, 0.2) is 36.4 Å². The van der Waals surface area contributed by atoms with Crippen LogP contribution in [-0.2, 0) is 0 Å². The molecule has 3 nitrogen and oxygen atoms in total. The minimum Gasteiger partial charge on any atom is -0.497 e. The maximum absolute atomic E-state index is 11.2. The molecule has 0 aliphatic carbocycles. The number of benzene rings is 2. The van der Waals surface area contributed by atoms with Crippen LogP contribution in [0, 0.1) is 0 Å². The van der Waals surface area contributed by atoms with E-state index in [1.54, 1.807) is 14.0 Å². The quantitative estimate of drug-likeness (QED) is 0.839. The van der Waals surface area contributed by atoms with Gasteiger partial charge in [-0.2, -0.15) is 0 Å². The highest BCUT2D eigenvalue weighted by molar-refractivity contribution is 5.98. The first kappa shape index (κ1) is 17.1. The van der Waals surface area contributed by atoms with Gasteiger partial charge in [0.25, 0.3) is 0 Å². The summed E-state index contributed by atoms with van der Waals surface area (Å²) >= 11 is 0. The lowest BCUT2D eigenvalue weighted by molar-refractivity contribution is 0.101. The predicted octanol–water partition coefficient (Wildman–Crippen LogP) is 3.65. The second-order valence-corrected chi connectivity index (χ2v) is 3.48. The van der Waals surface area contributed by atoms with Crippen LogP contribution in [0.4, 0.5) is 0 Å². The number of carbonyl (C=O) groups is 1. The third kappa shape index (κ3) is 4.72. The van der Waals surface area contributed by atoms with E-state index in [0.29, 0.717) is 0 Å². The van der Waals surface area contributed by atoms with E-state index in [0.717, 1.165) is 22.1 Å². The van der Waals surface area contributed by atoms with Gasteiger partial charge in [0, 0.05) is 5.56 Å². The van der Waals surface area contributed by atoms with Gasteiger partial charge in [0.2, 0.25) is 0 Å². The molecule has 0 aliphatic rings. The van der Waals surface area contributed by atoms with Crippen molar-refractivity contribution in [3.8, 4) is 5.75 Å². The molecule has 2 aromatic carbocycles. The summed E-state index contributed by atoms with van der Waals surface area (Å²) in [5.41, 5.74) is 5.24. The Kier molecular flexibility index (Phi) is 8.22. The van der Waals surface area contributed by atoms with E-state index in [9.17, 15) is 4.79 Å². The Morgan fingerprint density at radius 3 is 2.05 bits per heavy atom. The zero-order valence-electron chi connectivity index (χ0n) is 12.4. The Morgan fingerprint density at radius 2 is 1.53 bits per heavy atom. The number of methoxy groups -OCH3 is 1. The van der Waals surface area contributed by atoms with Gasteiger partial charge in [0.15, 0.2) is 5.78 Å². The van der Waals surface area contributed by atoms with E-state index in [4.69, 9.17) is 4.74 Å². The molecule has 3 heteroatoms. The number of fused-ring (bicyclic) bond motifs is 1. The van der Waals surface area contributed by atoms with Crippen LogP contribution in [0.5, 0.6) is 5.75 Å². The van der Waals surface area contributed by atoms with Crippen LogP contribution in [0.25, 0.3) is 10.8 Å². The number of ether oxygens (including phenoxy) is 1. The minimum atomic E-state index is 0.0905. The number of ketones is 1. The van der Waals surface area contributed by atoms with Crippen molar-refractivity contribution in [3.05, 3.63) is 42.0 Å². The highest BCUT2D eigenvalue weighted by Crippen LogP contribution is 2.21. The molecule has 0 atom stereocenters. The molecule has 0 radical (unpaired) electrons. The fourth-order valence-corrected chi connectivity index (χ4v) is 1.57. The van der Waals surface area contributed by atoms with Crippen LogP contribution in [0.1, 0.15) is 31.1 Å². The van der Waals surface area contributed by atoms with E-state index < -0.39 is 0 Å². The number of Topliss-reactive ketones (excluding diaryl/α,β-unsaturated/α-hetero) is 1. The molecule has 0 saturated carbocycles. The van der Waals surface area contributed by atoms with Crippen molar-refractivity contribution >= 4 is 16.6 Å². The van der Waals surface area contributed by atoms with Crippen LogP contribution in [-0.4, -0.2) is 19.9 Å². The lowest BCUT2D eigenvalue weighted by atomic mass is 10.0. The SMILES string of the molecule is CC.CN.COc1ccc2cc(C(C)=O)ccc2c1. The topological polar surface area (TPSA) is 52.3 Å². The van der Waals surface area contributed by atoms with Crippen LogP contribution in [0.2, 0.25) is 0 Å². The van der Waals surface area contributed by atoms with Crippen molar-refractivity contribution in [2.24, 2.45) is 5.73 Å². The van der Waals surface area contributed by atoms with Crippen molar-refractivity contribution < 1.29 is 9.53 Å². The van der Waals surface area contributed by atoms with Crippen molar-refractivity contribution in [1.82, 2.24) is 0 Å². The Hall–Kier alpha value is -1.87. The maximum atomic E-state index is 11.2. The van der Waals surface area contributed by atoms with Gasteiger partial charge in [-0.15, -0.1) is 0 Å². The third-order valence-corrected chi connectivity index (χ3v) is 2.45. The number of hydrogen-bond acceptors (Lipinski definition) is 3. The molecule has 0 fully saturated rings. The second kappa shape index (κ2) is 9.11. The van der Waals surface area contributed by atoms with Gasteiger partial charge in [-0.3, -0.25) is 4.79 Å². The molecule has 2 aromatic rings. The number of rotatable bonds is 2. The average Bonchev–Trinajstić information content (AvgIpc) is 2.50. The first-order chi connectivity index (χ1) is 9.20. The molecule has 0 unspecified atom stereocenters. The molecule has 0 spiro atoms. The largest absolute Gasteiger partial charge is 0.497 e. The van der Waals surface area contributed by atoms with E-state index in [2.05, 4.69) is 5.73 Å². The van der Waals surface area contributed by atoms with Gasteiger partial charge in [-0.05, 0) is 42.9 Å². The Bertz CT molecular complexity index is 521. The highest BCUT2D eigenvalue weighted by Gasteiger charge is 2.01. The predicted molar refractivity (Wildman–Crippen MR) is 82.0 cm³/mol. The summed E-state index contributed by atoms with van der Waals surface area (Å²) in [6.45, 7) is 5.57. The molecule has 104 valence electrons. The molecule has 0 saturated heterocycles. The summed E-state index contributed by atoms with van der Waals surface area (Å²) in [4.78, 5) is 11.2. The molecular formula is C16H23NO2. The molecule has 0 amide bonds. The summed E-state index contributed by atoms with van der Waals surface area (Å²) in [7, 11) is 3.14. The molecule has 19 heavy (non-hydrogen) atoms. The lowest BCUT2D eigenvalue weighted by Crippen LogP contribution is -1.91. The van der Waals surface area contributed by atoms with Gasteiger partial charge < -0.3 is 10.5 Å². The molecule has 0 heterocycles. The van der Waals surface area contributed by atoms with E-state index in [1.807, 2.05) is 50.2 Å². The average molecular weight is 261 g/mol. The fraction of sp³-hybridized carbons (Fsp3) is 0.312. The zero-order valence-corrected chi connectivity index (χ0v) is 12.4. The van der Waals surface area contributed by atoms with Gasteiger partial charge in [0.05, 0.1) is 7.11 Å². The molecule has 2 rings (SSSR count). The minimum absolute atomic E-state index is 0.0905. The van der Waals surface area contributed by atoms with Crippen molar-refractivity contribution in [3.63, 3.8) is 0 Å². The summed E-state index contributed by atoms with van der Waals surface area (Å²) in [5.74, 6) is 0.922. The summed E-state index contributed by atoms with van der Waals surface area (Å²) < 4.78 is 5.13. The van der Waals surface area contributed by atoms with Gasteiger partial charge in [0.1, 0.15) is 5.75 Å².